The van der Waals surface area contributed by atoms with Crippen LogP contribution in [0.4, 0.5) is 0 Å². The van der Waals surface area contributed by atoms with E-state index < -0.39 is 0 Å². The molecule has 0 fully saturated rings. The molecule has 0 bridgehead atoms. The average Bonchev–Trinajstić information content (AvgIpc) is 2.86. The van der Waals surface area contributed by atoms with E-state index in [1.807, 2.05) is 65.3 Å². The van der Waals surface area contributed by atoms with Crippen molar-refractivity contribution in [3.05, 3.63) is 69.9 Å². The average molecular weight is 374 g/mol. The Kier molecular flexibility index (Phi) is 3.64. The van der Waals surface area contributed by atoms with E-state index in [0.29, 0.717) is 5.69 Å². The van der Waals surface area contributed by atoms with E-state index in [0.717, 1.165) is 26.8 Å². The van der Waals surface area contributed by atoms with Gasteiger partial charge in [0.25, 0.3) is 0 Å². The van der Waals surface area contributed by atoms with Crippen LogP contribution in [0.3, 0.4) is 0 Å². The molecule has 3 rings (SSSR count). The number of halogens is 1. The van der Waals surface area contributed by atoms with Gasteiger partial charge in [0.15, 0.2) is 6.29 Å². The maximum Gasteiger partial charge on any atom is 0.171 e. The molecular weight excluding hydrogens is 363 g/mol. The Morgan fingerprint density at radius 3 is 2.15 bits per heavy atom. The number of hydrogen-bond donors (Lipinski definition) is 0. The molecule has 0 aliphatic rings. The molecule has 0 amide bonds. The lowest BCUT2D eigenvalue weighted by molar-refractivity contribution is 0.111. The fourth-order valence-electron chi connectivity index (χ4n) is 2.09. The Bertz CT molecular complexity index is 736. The molecular formula is C16H11IN2O. The molecule has 3 aromatic rings. The second kappa shape index (κ2) is 5.58. The SMILES string of the molecule is O=Cc1nn(-c2ccccc2)c(-c2ccccc2)c1I. The van der Waals surface area contributed by atoms with Crippen molar-refractivity contribution in [2.75, 3.05) is 0 Å². The fraction of sp³-hybridized carbons (Fsp3) is 0. The second-order valence-corrected chi connectivity index (χ2v) is 5.36. The standard InChI is InChI=1S/C16H11IN2O/c17-15-14(11-20)18-19(13-9-5-2-6-10-13)16(15)12-7-3-1-4-8-12/h1-11H. The Labute approximate surface area is 130 Å². The van der Waals surface area contributed by atoms with Crippen molar-refractivity contribution in [3.8, 4) is 16.9 Å². The molecule has 2 aromatic carbocycles. The zero-order valence-corrected chi connectivity index (χ0v) is 12.7. The van der Waals surface area contributed by atoms with Gasteiger partial charge in [-0.05, 0) is 34.7 Å². The highest BCUT2D eigenvalue weighted by molar-refractivity contribution is 14.1. The lowest BCUT2D eigenvalue weighted by Gasteiger charge is -2.07. The first-order valence-corrected chi connectivity index (χ1v) is 7.23. The number of carbonyl (C=O) groups is 1. The molecule has 0 N–H and O–H groups in total. The minimum Gasteiger partial charge on any atom is -0.296 e. The van der Waals surface area contributed by atoms with Crippen molar-refractivity contribution >= 4 is 28.9 Å². The third-order valence-corrected chi connectivity index (χ3v) is 4.08. The van der Waals surface area contributed by atoms with Gasteiger partial charge in [0.1, 0.15) is 5.69 Å². The van der Waals surface area contributed by atoms with E-state index in [1.165, 1.54) is 0 Å². The summed E-state index contributed by atoms with van der Waals surface area (Å²) < 4.78 is 2.69. The van der Waals surface area contributed by atoms with E-state index in [4.69, 9.17) is 0 Å². The molecule has 4 heteroatoms. The van der Waals surface area contributed by atoms with Crippen LogP contribution in [-0.4, -0.2) is 16.1 Å². The van der Waals surface area contributed by atoms with Gasteiger partial charge in [0.2, 0.25) is 0 Å². The summed E-state index contributed by atoms with van der Waals surface area (Å²) in [6.07, 6.45) is 0.799. The van der Waals surface area contributed by atoms with Crippen LogP contribution in [0.1, 0.15) is 10.5 Å². The van der Waals surface area contributed by atoms with Crippen molar-refractivity contribution in [3.63, 3.8) is 0 Å². The molecule has 1 heterocycles. The number of carbonyl (C=O) groups excluding carboxylic acids is 1. The molecule has 0 unspecified atom stereocenters. The van der Waals surface area contributed by atoms with Crippen molar-refractivity contribution in [2.45, 2.75) is 0 Å². The molecule has 98 valence electrons. The van der Waals surface area contributed by atoms with E-state index in [1.54, 1.807) is 0 Å². The minimum absolute atomic E-state index is 0.466. The Hall–Kier alpha value is -1.95. The van der Waals surface area contributed by atoms with Gasteiger partial charge in [-0.3, -0.25) is 4.79 Å². The highest BCUT2D eigenvalue weighted by Gasteiger charge is 2.17. The molecule has 0 spiro atoms. The summed E-state index contributed by atoms with van der Waals surface area (Å²) in [5, 5.41) is 4.42. The molecule has 0 aliphatic heterocycles. The van der Waals surface area contributed by atoms with Gasteiger partial charge in [-0.2, -0.15) is 5.10 Å². The lowest BCUT2D eigenvalue weighted by atomic mass is 10.1. The summed E-state index contributed by atoms with van der Waals surface area (Å²) in [6, 6.07) is 19.8. The summed E-state index contributed by atoms with van der Waals surface area (Å²) in [4.78, 5) is 11.2. The number of rotatable bonds is 3. The molecule has 0 saturated carbocycles. The number of para-hydroxylation sites is 1. The molecule has 3 nitrogen and oxygen atoms in total. The summed E-state index contributed by atoms with van der Waals surface area (Å²) in [5.41, 5.74) is 3.39. The maximum absolute atomic E-state index is 11.2. The van der Waals surface area contributed by atoms with Crippen molar-refractivity contribution < 1.29 is 4.79 Å². The summed E-state index contributed by atoms with van der Waals surface area (Å²) in [5.74, 6) is 0. The zero-order valence-electron chi connectivity index (χ0n) is 10.5. The first-order valence-electron chi connectivity index (χ1n) is 6.16. The van der Waals surface area contributed by atoms with Gasteiger partial charge in [0, 0.05) is 5.56 Å². The van der Waals surface area contributed by atoms with Crippen molar-refractivity contribution in [2.24, 2.45) is 0 Å². The summed E-state index contributed by atoms with van der Waals surface area (Å²) >= 11 is 2.18. The number of hydrogen-bond acceptors (Lipinski definition) is 2. The fourth-order valence-corrected chi connectivity index (χ4v) is 2.87. The molecule has 20 heavy (non-hydrogen) atoms. The second-order valence-electron chi connectivity index (χ2n) is 4.28. The van der Waals surface area contributed by atoms with Crippen LogP contribution in [0.15, 0.2) is 60.7 Å². The minimum atomic E-state index is 0.466. The summed E-state index contributed by atoms with van der Waals surface area (Å²) in [7, 11) is 0. The molecule has 0 atom stereocenters. The van der Waals surface area contributed by atoms with Crippen LogP contribution in [0.25, 0.3) is 16.9 Å². The van der Waals surface area contributed by atoms with Crippen LogP contribution in [0.2, 0.25) is 0 Å². The van der Waals surface area contributed by atoms with Crippen LogP contribution >= 0.6 is 22.6 Å². The Morgan fingerprint density at radius 1 is 0.950 bits per heavy atom. The lowest BCUT2D eigenvalue weighted by Crippen LogP contribution is -1.99. The smallest absolute Gasteiger partial charge is 0.171 e. The van der Waals surface area contributed by atoms with E-state index in [9.17, 15) is 4.79 Å². The topological polar surface area (TPSA) is 34.9 Å². The predicted molar refractivity (Wildman–Crippen MR) is 87.1 cm³/mol. The maximum atomic E-state index is 11.2. The molecule has 0 aliphatic carbocycles. The predicted octanol–water partition coefficient (Wildman–Crippen LogP) is 3.96. The molecule has 1 aromatic heterocycles. The summed E-state index contributed by atoms with van der Waals surface area (Å²) in [6.45, 7) is 0. The Morgan fingerprint density at radius 2 is 1.55 bits per heavy atom. The van der Waals surface area contributed by atoms with Gasteiger partial charge in [0.05, 0.1) is 15.0 Å². The van der Waals surface area contributed by atoms with E-state index in [2.05, 4.69) is 27.7 Å². The molecule has 0 radical (unpaired) electrons. The van der Waals surface area contributed by atoms with Crippen molar-refractivity contribution in [1.29, 1.82) is 0 Å². The largest absolute Gasteiger partial charge is 0.296 e. The van der Waals surface area contributed by atoms with Gasteiger partial charge >= 0.3 is 0 Å². The van der Waals surface area contributed by atoms with Crippen LogP contribution in [-0.2, 0) is 0 Å². The van der Waals surface area contributed by atoms with Gasteiger partial charge < -0.3 is 0 Å². The monoisotopic (exact) mass is 374 g/mol. The van der Waals surface area contributed by atoms with E-state index >= 15 is 0 Å². The van der Waals surface area contributed by atoms with Crippen molar-refractivity contribution in [1.82, 2.24) is 9.78 Å². The van der Waals surface area contributed by atoms with Gasteiger partial charge in [-0.25, -0.2) is 4.68 Å². The normalized spacial score (nSPS) is 10.4. The highest BCUT2D eigenvalue weighted by Crippen LogP contribution is 2.29. The zero-order chi connectivity index (χ0) is 13.9. The first kappa shape index (κ1) is 13.1. The van der Waals surface area contributed by atoms with E-state index in [-0.39, 0.29) is 0 Å². The number of nitrogens with zero attached hydrogens (tertiary/aromatic N) is 2. The third-order valence-electron chi connectivity index (χ3n) is 3.01. The van der Waals surface area contributed by atoms with Crippen LogP contribution < -0.4 is 0 Å². The third kappa shape index (κ3) is 2.27. The highest BCUT2D eigenvalue weighted by atomic mass is 127. The number of aldehydes is 1. The number of aromatic nitrogens is 2. The van der Waals surface area contributed by atoms with Crippen LogP contribution in [0.5, 0.6) is 0 Å². The quantitative estimate of drug-likeness (QED) is 0.514. The van der Waals surface area contributed by atoms with Gasteiger partial charge in [-0.1, -0.05) is 48.5 Å². The Balaban J connectivity index is 2.27. The molecule has 0 saturated heterocycles. The van der Waals surface area contributed by atoms with Crippen LogP contribution in [0, 0.1) is 3.57 Å². The number of benzene rings is 2. The first-order chi connectivity index (χ1) is 9.81. The van der Waals surface area contributed by atoms with Gasteiger partial charge in [-0.15, -0.1) is 0 Å².